The molecule has 158 valence electrons. The van der Waals surface area contributed by atoms with Crippen molar-refractivity contribution in [2.45, 2.75) is 13.1 Å². The first-order valence-electron chi connectivity index (χ1n) is 10.1. The molecule has 0 unspecified atom stereocenters. The van der Waals surface area contributed by atoms with Crippen molar-refractivity contribution in [3.8, 4) is 22.6 Å². The van der Waals surface area contributed by atoms with Gasteiger partial charge in [-0.2, -0.15) is 0 Å². The van der Waals surface area contributed by atoms with Gasteiger partial charge in [-0.25, -0.2) is 0 Å². The fourth-order valence-corrected chi connectivity index (χ4v) is 3.76. The van der Waals surface area contributed by atoms with Crippen LogP contribution in [0.4, 0.5) is 0 Å². The van der Waals surface area contributed by atoms with E-state index in [9.17, 15) is 4.79 Å². The molecule has 0 amide bonds. The summed E-state index contributed by atoms with van der Waals surface area (Å²) in [6, 6.07) is 21.7. The predicted octanol–water partition coefficient (Wildman–Crippen LogP) is 5.11. The van der Waals surface area contributed by atoms with Gasteiger partial charge in [-0.05, 0) is 35.9 Å². The van der Waals surface area contributed by atoms with Crippen LogP contribution in [0.5, 0.6) is 11.5 Å². The Balaban J connectivity index is 1.64. The Kier molecular flexibility index (Phi) is 6.05. The molecule has 0 atom stereocenters. The van der Waals surface area contributed by atoms with Crippen molar-refractivity contribution in [1.29, 1.82) is 0 Å². The molecular weight excluding hydrogens is 390 g/mol. The van der Waals surface area contributed by atoms with E-state index < -0.39 is 0 Å². The largest absolute Gasteiger partial charge is 0.493 e. The summed E-state index contributed by atoms with van der Waals surface area (Å²) >= 11 is 0. The lowest BCUT2D eigenvalue weighted by atomic mass is 10.0. The summed E-state index contributed by atoms with van der Waals surface area (Å²) in [6.45, 7) is 1.62. The average Bonchev–Trinajstić information content (AvgIpc) is 2.79. The van der Waals surface area contributed by atoms with E-state index in [0.717, 1.165) is 24.2 Å². The van der Waals surface area contributed by atoms with Crippen LogP contribution in [0.1, 0.15) is 11.1 Å². The molecule has 0 aliphatic carbocycles. The van der Waals surface area contributed by atoms with E-state index in [1.807, 2.05) is 36.4 Å². The Morgan fingerprint density at radius 2 is 1.52 bits per heavy atom. The summed E-state index contributed by atoms with van der Waals surface area (Å²) in [7, 11) is 5.19. The maximum atomic E-state index is 13.2. The second-order valence-electron chi connectivity index (χ2n) is 7.54. The average molecular weight is 415 g/mol. The SMILES string of the molecule is COc1cc2occ(-c3cccc(CN(C)Cc4ccccc4)c3)c(=O)c2cc1OC. The highest BCUT2D eigenvalue weighted by Crippen LogP contribution is 2.32. The molecule has 0 radical (unpaired) electrons. The second-order valence-corrected chi connectivity index (χ2v) is 7.54. The molecule has 0 spiro atoms. The van der Waals surface area contributed by atoms with E-state index in [1.165, 1.54) is 11.8 Å². The molecule has 0 fully saturated rings. The normalized spacial score (nSPS) is 11.1. The van der Waals surface area contributed by atoms with Crippen LogP contribution in [-0.2, 0) is 13.1 Å². The third kappa shape index (κ3) is 4.47. The van der Waals surface area contributed by atoms with Crippen molar-refractivity contribution in [3.05, 3.63) is 94.3 Å². The lowest BCUT2D eigenvalue weighted by molar-refractivity contribution is 0.319. The van der Waals surface area contributed by atoms with Crippen molar-refractivity contribution in [3.63, 3.8) is 0 Å². The van der Waals surface area contributed by atoms with E-state index in [1.54, 1.807) is 26.4 Å². The van der Waals surface area contributed by atoms with E-state index in [2.05, 4.69) is 30.1 Å². The molecule has 1 heterocycles. The molecule has 0 aliphatic heterocycles. The Morgan fingerprint density at radius 1 is 0.839 bits per heavy atom. The molecule has 0 bridgehead atoms. The number of methoxy groups -OCH3 is 2. The summed E-state index contributed by atoms with van der Waals surface area (Å²) in [5.74, 6) is 1.02. The van der Waals surface area contributed by atoms with Gasteiger partial charge in [0, 0.05) is 19.2 Å². The van der Waals surface area contributed by atoms with Crippen LogP contribution in [0, 0.1) is 0 Å². The van der Waals surface area contributed by atoms with Gasteiger partial charge in [-0.15, -0.1) is 0 Å². The molecular formula is C26H25NO4. The number of nitrogens with zero attached hydrogens (tertiary/aromatic N) is 1. The van der Waals surface area contributed by atoms with Gasteiger partial charge >= 0.3 is 0 Å². The van der Waals surface area contributed by atoms with Gasteiger partial charge in [-0.1, -0.05) is 48.5 Å². The number of benzene rings is 3. The zero-order chi connectivity index (χ0) is 21.8. The fraction of sp³-hybridized carbons (Fsp3) is 0.192. The van der Waals surface area contributed by atoms with E-state index >= 15 is 0 Å². The molecule has 0 saturated heterocycles. The lowest BCUT2D eigenvalue weighted by Crippen LogP contribution is -2.17. The van der Waals surface area contributed by atoms with Gasteiger partial charge < -0.3 is 13.9 Å². The monoisotopic (exact) mass is 415 g/mol. The quantitative estimate of drug-likeness (QED) is 0.420. The zero-order valence-corrected chi connectivity index (χ0v) is 17.9. The molecule has 4 rings (SSSR count). The number of fused-ring (bicyclic) bond motifs is 1. The van der Waals surface area contributed by atoms with Crippen LogP contribution in [-0.4, -0.2) is 26.2 Å². The van der Waals surface area contributed by atoms with Crippen molar-refractivity contribution in [2.24, 2.45) is 0 Å². The van der Waals surface area contributed by atoms with Crippen LogP contribution < -0.4 is 14.9 Å². The summed E-state index contributed by atoms with van der Waals surface area (Å²) in [6.07, 6.45) is 1.52. The summed E-state index contributed by atoms with van der Waals surface area (Å²) < 4.78 is 16.4. The number of ether oxygens (including phenoxy) is 2. The van der Waals surface area contributed by atoms with Crippen LogP contribution >= 0.6 is 0 Å². The molecule has 4 aromatic rings. The Morgan fingerprint density at radius 3 is 2.26 bits per heavy atom. The molecule has 0 N–H and O–H groups in total. The summed E-state index contributed by atoms with van der Waals surface area (Å²) in [4.78, 5) is 15.4. The first-order valence-corrected chi connectivity index (χ1v) is 10.1. The van der Waals surface area contributed by atoms with Crippen molar-refractivity contribution < 1.29 is 13.9 Å². The molecule has 1 aromatic heterocycles. The number of hydrogen-bond acceptors (Lipinski definition) is 5. The first-order chi connectivity index (χ1) is 15.1. The summed E-state index contributed by atoms with van der Waals surface area (Å²) in [5, 5.41) is 0.460. The minimum Gasteiger partial charge on any atom is -0.493 e. The lowest BCUT2D eigenvalue weighted by Gasteiger charge is -2.17. The Bertz CT molecular complexity index is 1250. The third-order valence-electron chi connectivity index (χ3n) is 5.26. The minimum atomic E-state index is -0.100. The third-order valence-corrected chi connectivity index (χ3v) is 5.26. The zero-order valence-electron chi connectivity index (χ0n) is 17.9. The molecule has 5 nitrogen and oxygen atoms in total. The minimum absolute atomic E-state index is 0.100. The van der Waals surface area contributed by atoms with E-state index in [0.29, 0.717) is 28.0 Å². The number of hydrogen-bond donors (Lipinski definition) is 0. The highest BCUT2D eigenvalue weighted by Gasteiger charge is 2.14. The van der Waals surface area contributed by atoms with E-state index in [-0.39, 0.29) is 5.43 Å². The van der Waals surface area contributed by atoms with E-state index in [4.69, 9.17) is 13.9 Å². The van der Waals surface area contributed by atoms with Crippen LogP contribution in [0.25, 0.3) is 22.1 Å². The van der Waals surface area contributed by atoms with Crippen molar-refractivity contribution >= 4 is 11.0 Å². The molecule has 31 heavy (non-hydrogen) atoms. The molecule has 0 saturated carbocycles. The second kappa shape index (κ2) is 9.06. The summed E-state index contributed by atoms with van der Waals surface area (Å²) in [5.41, 5.74) is 4.11. The van der Waals surface area contributed by atoms with Gasteiger partial charge in [0.25, 0.3) is 0 Å². The predicted molar refractivity (Wildman–Crippen MR) is 123 cm³/mol. The smallest absolute Gasteiger partial charge is 0.200 e. The Hall–Kier alpha value is -3.57. The Labute approximate surface area is 181 Å². The highest BCUT2D eigenvalue weighted by atomic mass is 16.5. The first kappa shape index (κ1) is 20.7. The maximum absolute atomic E-state index is 13.2. The highest BCUT2D eigenvalue weighted by molar-refractivity contribution is 5.84. The van der Waals surface area contributed by atoms with Gasteiger partial charge in [0.15, 0.2) is 11.5 Å². The van der Waals surface area contributed by atoms with Crippen molar-refractivity contribution in [1.82, 2.24) is 4.90 Å². The fourth-order valence-electron chi connectivity index (χ4n) is 3.76. The molecule has 3 aromatic carbocycles. The molecule has 5 heteroatoms. The van der Waals surface area contributed by atoms with Gasteiger partial charge in [0.05, 0.1) is 25.2 Å². The van der Waals surface area contributed by atoms with Crippen LogP contribution in [0.2, 0.25) is 0 Å². The van der Waals surface area contributed by atoms with Gasteiger partial charge in [0.1, 0.15) is 11.8 Å². The van der Waals surface area contributed by atoms with Crippen molar-refractivity contribution in [2.75, 3.05) is 21.3 Å². The van der Waals surface area contributed by atoms with Gasteiger partial charge in [0.2, 0.25) is 5.43 Å². The maximum Gasteiger partial charge on any atom is 0.200 e. The van der Waals surface area contributed by atoms with Crippen LogP contribution in [0.3, 0.4) is 0 Å². The standard InChI is InChI=1S/C26H25NO4/c1-27(15-18-8-5-4-6-9-18)16-19-10-7-11-20(12-19)22-17-31-23-14-25(30-3)24(29-2)13-21(23)26(22)28/h4-14,17H,15-16H2,1-3H3. The molecule has 0 aliphatic rings. The number of rotatable bonds is 7. The van der Waals surface area contributed by atoms with Gasteiger partial charge in [-0.3, -0.25) is 9.69 Å². The topological polar surface area (TPSA) is 51.9 Å². The van der Waals surface area contributed by atoms with Crippen LogP contribution in [0.15, 0.2) is 82.2 Å².